The number of para-hydroxylation sites is 1. The number of amides is 2. The largest absolute Gasteiger partial charge is 0.493 e. The fraction of sp³-hybridized carbons (Fsp3) is 0.111. The molecule has 0 radical (unpaired) electrons. The van der Waals surface area contributed by atoms with Crippen LogP contribution in [0, 0.1) is 0 Å². The highest BCUT2D eigenvalue weighted by Crippen LogP contribution is 2.36. The summed E-state index contributed by atoms with van der Waals surface area (Å²) >= 11 is 4.39. The van der Waals surface area contributed by atoms with Crippen LogP contribution in [0.2, 0.25) is 0 Å². The number of thioether (sulfide) groups is 1. The number of halogens is 1. The third-order valence-electron chi connectivity index (χ3n) is 3.36. The van der Waals surface area contributed by atoms with Gasteiger partial charge in [-0.1, -0.05) is 24.3 Å². The van der Waals surface area contributed by atoms with Crippen molar-refractivity contribution >= 4 is 50.6 Å². The molecule has 122 valence electrons. The van der Waals surface area contributed by atoms with Crippen molar-refractivity contribution < 1.29 is 14.3 Å². The molecule has 0 N–H and O–H groups in total. The summed E-state index contributed by atoms with van der Waals surface area (Å²) in [6, 6.07) is 14.5. The maximum Gasteiger partial charge on any atom is 0.298 e. The molecule has 0 saturated carbocycles. The molecule has 3 rings (SSSR count). The molecular weight excluding hydrogens is 390 g/mol. The van der Waals surface area contributed by atoms with E-state index in [9.17, 15) is 9.59 Å². The number of ether oxygens (including phenoxy) is 1. The fourth-order valence-electron chi connectivity index (χ4n) is 2.30. The minimum atomic E-state index is -0.304. The first kappa shape index (κ1) is 16.8. The highest BCUT2D eigenvalue weighted by molar-refractivity contribution is 9.10. The average molecular weight is 404 g/mol. The van der Waals surface area contributed by atoms with Crippen LogP contribution in [0.3, 0.4) is 0 Å². The van der Waals surface area contributed by atoms with E-state index in [0.717, 1.165) is 27.5 Å². The van der Waals surface area contributed by atoms with E-state index < -0.39 is 0 Å². The number of imide groups is 1. The summed E-state index contributed by atoms with van der Waals surface area (Å²) in [5, 5.41) is -0.289. The Morgan fingerprint density at radius 3 is 2.58 bits per heavy atom. The van der Waals surface area contributed by atoms with Crippen LogP contribution in [0.5, 0.6) is 5.75 Å². The van der Waals surface area contributed by atoms with E-state index >= 15 is 0 Å². The second-order valence-corrected chi connectivity index (χ2v) is 6.82. The summed E-state index contributed by atoms with van der Waals surface area (Å²) in [5.41, 5.74) is 1.40. The lowest BCUT2D eigenvalue weighted by Gasteiger charge is -2.11. The maximum absolute atomic E-state index is 12.6. The number of carbonyl (C=O) groups is 2. The summed E-state index contributed by atoms with van der Waals surface area (Å²) in [7, 11) is 0. The van der Waals surface area contributed by atoms with Gasteiger partial charge in [-0.05, 0) is 70.5 Å². The van der Waals surface area contributed by atoms with Crippen molar-refractivity contribution in [3.05, 3.63) is 63.5 Å². The van der Waals surface area contributed by atoms with E-state index in [1.807, 2.05) is 31.2 Å². The molecule has 6 heteroatoms. The van der Waals surface area contributed by atoms with Crippen LogP contribution >= 0.6 is 27.7 Å². The predicted octanol–water partition coefficient (Wildman–Crippen LogP) is 5.09. The maximum atomic E-state index is 12.6. The molecular formula is C18H14BrNO3S. The van der Waals surface area contributed by atoms with Gasteiger partial charge in [-0.25, -0.2) is 4.90 Å². The van der Waals surface area contributed by atoms with Crippen LogP contribution in [0.4, 0.5) is 10.5 Å². The Bertz CT molecular complexity index is 820. The number of carbonyl (C=O) groups excluding carboxylic acids is 2. The second-order valence-electron chi connectivity index (χ2n) is 4.98. The molecule has 4 nitrogen and oxygen atoms in total. The molecule has 2 aromatic rings. The molecule has 1 aliphatic heterocycles. The summed E-state index contributed by atoms with van der Waals surface area (Å²) in [5.74, 6) is 0.438. The molecule has 0 atom stereocenters. The van der Waals surface area contributed by atoms with Crippen LogP contribution in [-0.4, -0.2) is 17.8 Å². The molecule has 0 spiro atoms. The molecule has 1 aliphatic rings. The van der Waals surface area contributed by atoms with Gasteiger partial charge in [0.2, 0.25) is 0 Å². The number of anilines is 1. The monoisotopic (exact) mass is 403 g/mol. The number of benzene rings is 2. The van der Waals surface area contributed by atoms with E-state index in [1.54, 1.807) is 30.3 Å². The van der Waals surface area contributed by atoms with Gasteiger partial charge in [0, 0.05) is 0 Å². The smallest absolute Gasteiger partial charge is 0.298 e. The Hall–Kier alpha value is -2.05. The first-order chi connectivity index (χ1) is 11.6. The van der Waals surface area contributed by atoms with Gasteiger partial charge in [0.15, 0.2) is 0 Å². The summed E-state index contributed by atoms with van der Waals surface area (Å²) in [4.78, 5) is 26.3. The third kappa shape index (κ3) is 3.39. The Morgan fingerprint density at radius 2 is 1.92 bits per heavy atom. The average Bonchev–Trinajstić information content (AvgIpc) is 2.85. The molecule has 0 bridgehead atoms. The number of hydrogen-bond donors (Lipinski definition) is 0. The van der Waals surface area contributed by atoms with Crippen molar-refractivity contribution in [1.29, 1.82) is 0 Å². The first-order valence-electron chi connectivity index (χ1n) is 7.35. The summed E-state index contributed by atoms with van der Waals surface area (Å²) in [6.07, 6.45) is 1.72. The number of hydrogen-bond acceptors (Lipinski definition) is 4. The lowest BCUT2D eigenvalue weighted by molar-refractivity contribution is -0.113. The fourth-order valence-corrected chi connectivity index (χ4v) is 3.65. The quantitative estimate of drug-likeness (QED) is 0.667. The zero-order chi connectivity index (χ0) is 17.1. The van der Waals surface area contributed by atoms with Gasteiger partial charge in [-0.3, -0.25) is 9.59 Å². The van der Waals surface area contributed by atoms with Crippen LogP contribution in [0.1, 0.15) is 12.5 Å². The van der Waals surface area contributed by atoms with Crippen molar-refractivity contribution in [2.45, 2.75) is 6.92 Å². The van der Waals surface area contributed by atoms with E-state index in [-0.39, 0.29) is 11.1 Å². The molecule has 0 aliphatic carbocycles. The molecule has 2 aromatic carbocycles. The van der Waals surface area contributed by atoms with Crippen molar-refractivity contribution in [2.75, 3.05) is 11.5 Å². The Labute approximate surface area is 152 Å². The Kier molecular flexibility index (Phi) is 5.06. The van der Waals surface area contributed by atoms with Crippen LogP contribution < -0.4 is 9.64 Å². The lowest BCUT2D eigenvalue weighted by atomic mass is 10.2. The molecule has 0 unspecified atom stereocenters. The molecule has 0 aromatic heterocycles. The highest BCUT2D eigenvalue weighted by atomic mass is 79.9. The minimum Gasteiger partial charge on any atom is -0.493 e. The number of nitrogens with zero attached hydrogens (tertiary/aromatic N) is 1. The van der Waals surface area contributed by atoms with Crippen molar-refractivity contribution in [2.24, 2.45) is 0 Å². The zero-order valence-electron chi connectivity index (χ0n) is 12.9. The van der Waals surface area contributed by atoms with Gasteiger partial charge in [-0.2, -0.15) is 0 Å². The molecule has 24 heavy (non-hydrogen) atoms. The summed E-state index contributed by atoms with van der Waals surface area (Å²) < 4.78 is 6.28. The Morgan fingerprint density at radius 1 is 1.17 bits per heavy atom. The minimum absolute atomic E-state index is 0.289. The second kappa shape index (κ2) is 7.23. The van der Waals surface area contributed by atoms with Crippen LogP contribution in [0.25, 0.3) is 6.08 Å². The van der Waals surface area contributed by atoms with E-state index in [4.69, 9.17) is 4.74 Å². The van der Waals surface area contributed by atoms with Gasteiger partial charge in [-0.15, -0.1) is 0 Å². The molecule has 1 heterocycles. The summed E-state index contributed by atoms with van der Waals surface area (Å²) in [6.45, 7) is 2.49. The molecule has 1 fully saturated rings. The topological polar surface area (TPSA) is 46.6 Å². The lowest BCUT2D eigenvalue weighted by Crippen LogP contribution is -2.27. The van der Waals surface area contributed by atoms with E-state index in [2.05, 4.69) is 15.9 Å². The molecule has 1 saturated heterocycles. The SMILES string of the molecule is CCOc1ccc(/C=C2\SC(=O)N(c3ccccc3)C2=O)cc1Br. The standard InChI is InChI=1S/C18H14BrNO3S/c1-2-23-15-9-8-12(10-14(15)19)11-16-17(21)20(18(22)24-16)13-6-4-3-5-7-13/h3-11H,2H2,1H3/b16-11-. The third-order valence-corrected chi connectivity index (χ3v) is 4.85. The highest BCUT2D eigenvalue weighted by Gasteiger charge is 2.36. The molecule has 2 amide bonds. The van der Waals surface area contributed by atoms with Crippen molar-refractivity contribution in [3.8, 4) is 5.75 Å². The Balaban J connectivity index is 1.88. The van der Waals surface area contributed by atoms with Crippen LogP contribution in [-0.2, 0) is 4.79 Å². The van der Waals surface area contributed by atoms with Crippen molar-refractivity contribution in [1.82, 2.24) is 0 Å². The van der Waals surface area contributed by atoms with Gasteiger partial charge in [0.1, 0.15) is 5.75 Å². The van der Waals surface area contributed by atoms with E-state index in [0.29, 0.717) is 17.2 Å². The zero-order valence-corrected chi connectivity index (χ0v) is 15.3. The number of rotatable bonds is 4. The van der Waals surface area contributed by atoms with Crippen LogP contribution in [0.15, 0.2) is 57.9 Å². The van der Waals surface area contributed by atoms with Crippen molar-refractivity contribution in [3.63, 3.8) is 0 Å². The van der Waals surface area contributed by atoms with Gasteiger partial charge >= 0.3 is 0 Å². The predicted molar refractivity (Wildman–Crippen MR) is 100 cm³/mol. The first-order valence-corrected chi connectivity index (χ1v) is 8.96. The van der Waals surface area contributed by atoms with Gasteiger partial charge in [0.05, 0.1) is 21.7 Å². The normalized spacial score (nSPS) is 16.1. The van der Waals surface area contributed by atoms with E-state index in [1.165, 1.54) is 4.90 Å². The van der Waals surface area contributed by atoms with Gasteiger partial charge < -0.3 is 4.74 Å². The van der Waals surface area contributed by atoms with Gasteiger partial charge in [0.25, 0.3) is 11.1 Å².